The Hall–Kier alpha value is 0.640. The molecule has 3 nitrogen and oxygen atoms in total. The van der Waals surface area contributed by atoms with Crippen LogP contribution in [0.1, 0.15) is 25.7 Å². The van der Waals surface area contributed by atoms with E-state index < -0.39 is 0 Å². The third kappa shape index (κ3) is 5.31. The van der Waals surface area contributed by atoms with Crippen molar-refractivity contribution < 1.29 is 4.79 Å². The lowest BCUT2D eigenvalue weighted by Gasteiger charge is -2.32. The molecule has 0 aromatic heterocycles. The minimum Gasteiger partial charge on any atom is -0.287 e. The largest absolute Gasteiger partial charge is 0.287 e. The van der Waals surface area contributed by atoms with Crippen LogP contribution in [0.2, 0.25) is 0 Å². The summed E-state index contributed by atoms with van der Waals surface area (Å²) in [6.07, 6.45) is 3.86. The first kappa shape index (κ1) is 14.7. The Bertz CT molecular complexity index is 238. The molecule has 16 heavy (non-hydrogen) atoms. The second kappa shape index (κ2) is 7.16. The van der Waals surface area contributed by atoms with E-state index in [1.54, 1.807) is 0 Å². The van der Waals surface area contributed by atoms with Gasteiger partial charge in [-0.05, 0) is 32.2 Å². The predicted octanol–water partition coefficient (Wildman–Crippen LogP) is 1.92. The van der Waals surface area contributed by atoms with Crippen LogP contribution in [0, 0.1) is 5.92 Å². The molecule has 0 aliphatic carbocycles. The van der Waals surface area contributed by atoms with Gasteiger partial charge in [0.05, 0.1) is 0 Å². The van der Waals surface area contributed by atoms with E-state index in [4.69, 9.17) is 0 Å². The van der Waals surface area contributed by atoms with Crippen molar-refractivity contribution in [2.75, 3.05) is 20.1 Å². The van der Waals surface area contributed by atoms with Crippen molar-refractivity contribution in [3.05, 3.63) is 0 Å². The van der Waals surface area contributed by atoms with Gasteiger partial charge in [0.1, 0.15) is 0 Å². The van der Waals surface area contributed by atoms with Gasteiger partial charge in [0.25, 0.3) is 0 Å². The molecule has 1 rings (SSSR count). The van der Waals surface area contributed by atoms with Crippen molar-refractivity contribution in [3.63, 3.8) is 0 Å². The summed E-state index contributed by atoms with van der Waals surface area (Å²) in [5, 5.41) is -0.0653. The molecule has 0 spiro atoms. The van der Waals surface area contributed by atoms with Gasteiger partial charge in [-0.25, -0.2) is 0 Å². The van der Waals surface area contributed by atoms with Crippen molar-refractivity contribution in [2.24, 2.45) is 5.92 Å². The van der Waals surface area contributed by atoms with Crippen LogP contribution >= 0.6 is 38.3 Å². The smallest absolute Gasteiger partial charge is 0.187 e. The van der Waals surface area contributed by atoms with Gasteiger partial charge in [-0.2, -0.15) is 0 Å². The van der Waals surface area contributed by atoms with Crippen LogP contribution in [0.4, 0.5) is 0 Å². The molecule has 1 aliphatic rings. The van der Waals surface area contributed by atoms with Crippen LogP contribution in [0.25, 0.3) is 0 Å². The summed E-state index contributed by atoms with van der Waals surface area (Å²) in [5.74, 6) is 0.610. The zero-order valence-electron chi connectivity index (χ0n) is 9.54. The monoisotopic (exact) mass is 280 g/mol. The van der Waals surface area contributed by atoms with E-state index in [2.05, 4.69) is 42.6 Å². The van der Waals surface area contributed by atoms with Crippen LogP contribution in [0.3, 0.4) is 0 Å². The summed E-state index contributed by atoms with van der Waals surface area (Å²) in [4.78, 5) is 11.0. The van der Waals surface area contributed by atoms with Gasteiger partial charge in [0.2, 0.25) is 0 Å². The van der Waals surface area contributed by atoms with Crippen LogP contribution in [0.5, 0.6) is 0 Å². The van der Waals surface area contributed by atoms with Crippen LogP contribution in [-0.2, 0) is 4.79 Å². The Morgan fingerprint density at radius 1 is 1.62 bits per heavy atom. The highest BCUT2D eigenvalue weighted by molar-refractivity contribution is 7.96. The number of hydrogen-bond donors (Lipinski definition) is 3. The third-order valence-corrected chi connectivity index (χ3v) is 3.91. The first-order valence-electron chi connectivity index (χ1n) is 5.56. The Morgan fingerprint density at radius 2 is 2.31 bits per heavy atom. The predicted molar refractivity (Wildman–Crippen MR) is 77.0 cm³/mol. The van der Waals surface area contributed by atoms with E-state index in [1.165, 1.54) is 12.8 Å². The molecule has 94 valence electrons. The van der Waals surface area contributed by atoms with Gasteiger partial charge >= 0.3 is 0 Å². The average Bonchev–Trinajstić information content (AvgIpc) is 2.15. The van der Waals surface area contributed by atoms with Crippen molar-refractivity contribution in [1.82, 2.24) is 8.61 Å². The number of piperidine rings is 1. The molecular weight excluding hydrogens is 260 g/mol. The molecule has 0 aromatic rings. The van der Waals surface area contributed by atoms with Gasteiger partial charge in [-0.15, -0.1) is 12.6 Å². The average molecular weight is 280 g/mol. The maximum atomic E-state index is 11.0. The van der Waals surface area contributed by atoms with Crippen molar-refractivity contribution in [2.45, 2.75) is 31.7 Å². The maximum absolute atomic E-state index is 11.0. The Morgan fingerprint density at radius 3 is 2.81 bits per heavy atom. The second-order valence-electron chi connectivity index (χ2n) is 4.48. The van der Waals surface area contributed by atoms with Gasteiger partial charge in [0, 0.05) is 25.6 Å². The topological polar surface area (TPSA) is 23.6 Å². The molecule has 0 amide bonds. The lowest BCUT2D eigenvalue weighted by Crippen LogP contribution is -2.34. The second-order valence-corrected chi connectivity index (χ2v) is 6.18. The highest BCUT2D eigenvalue weighted by Crippen LogP contribution is 2.25. The zero-order chi connectivity index (χ0) is 12.1. The fourth-order valence-electron chi connectivity index (χ4n) is 2.19. The molecule has 1 heterocycles. The van der Waals surface area contributed by atoms with Crippen molar-refractivity contribution >= 4 is 43.4 Å². The van der Waals surface area contributed by atoms with Gasteiger partial charge in [-0.1, -0.05) is 25.6 Å². The van der Waals surface area contributed by atoms with Gasteiger partial charge in [0.15, 0.2) is 5.12 Å². The SMILES string of the molecule is CN(S)C(CC(=O)S)CC1CCCN(S)C1. The molecule has 0 saturated carbocycles. The number of thiol groups is 3. The van der Waals surface area contributed by atoms with E-state index in [0.29, 0.717) is 12.3 Å². The zero-order valence-corrected chi connectivity index (χ0v) is 12.2. The lowest BCUT2D eigenvalue weighted by molar-refractivity contribution is -0.111. The Kier molecular flexibility index (Phi) is 6.58. The molecule has 1 aliphatic heterocycles. The molecule has 2 atom stereocenters. The molecule has 1 fully saturated rings. The standard InChI is InChI=1S/C10H20N2OS3/c1-11(15)9(6-10(13)14)5-8-3-2-4-12(16)7-8/h8-9,15-16H,2-7H2,1H3,(H,13,14). The summed E-state index contributed by atoms with van der Waals surface area (Å²) in [7, 11) is 1.89. The summed E-state index contributed by atoms with van der Waals surface area (Å²) in [6.45, 7) is 2.06. The molecule has 0 radical (unpaired) electrons. The fourth-order valence-corrected chi connectivity index (χ4v) is 2.95. The van der Waals surface area contributed by atoms with Crippen LogP contribution < -0.4 is 0 Å². The normalized spacial score (nSPS) is 24.7. The molecule has 0 N–H and O–H groups in total. The number of carbonyl (C=O) groups excluding carboxylic acids is 1. The molecule has 6 heteroatoms. The summed E-state index contributed by atoms with van der Waals surface area (Å²) in [5.41, 5.74) is 0. The summed E-state index contributed by atoms with van der Waals surface area (Å²) >= 11 is 12.5. The summed E-state index contributed by atoms with van der Waals surface area (Å²) < 4.78 is 3.89. The van der Waals surface area contributed by atoms with Crippen molar-refractivity contribution in [3.8, 4) is 0 Å². The highest BCUT2D eigenvalue weighted by atomic mass is 32.1. The summed E-state index contributed by atoms with van der Waals surface area (Å²) in [6, 6.07) is 0.179. The quantitative estimate of drug-likeness (QED) is 0.671. The lowest BCUT2D eigenvalue weighted by atomic mass is 9.91. The fraction of sp³-hybridized carbons (Fsp3) is 0.900. The molecule has 1 saturated heterocycles. The molecule has 2 unspecified atom stereocenters. The molecular formula is C10H20N2OS3. The molecule has 0 aromatic carbocycles. The Balaban J connectivity index is 2.44. The first-order chi connectivity index (χ1) is 7.49. The van der Waals surface area contributed by atoms with E-state index in [1.807, 2.05) is 11.4 Å². The number of carbonyl (C=O) groups is 1. The van der Waals surface area contributed by atoms with E-state index in [9.17, 15) is 4.79 Å². The third-order valence-electron chi connectivity index (χ3n) is 3.04. The highest BCUT2D eigenvalue weighted by Gasteiger charge is 2.24. The Labute approximate surface area is 114 Å². The minimum absolute atomic E-state index is 0.0653. The maximum Gasteiger partial charge on any atom is 0.187 e. The van der Waals surface area contributed by atoms with Gasteiger partial charge < -0.3 is 0 Å². The molecule has 0 bridgehead atoms. The van der Waals surface area contributed by atoms with E-state index >= 15 is 0 Å². The number of nitrogens with zero attached hydrogens (tertiary/aromatic N) is 2. The van der Waals surface area contributed by atoms with Crippen LogP contribution in [0.15, 0.2) is 0 Å². The first-order valence-corrected chi connectivity index (χ1v) is 6.81. The van der Waals surface area contributed by atoms with E-state index in [-0.39, 0.29) is 11.2 Å². The number of rotatable bonds is 5. The van der Waals surface area contributed by atoms with Crippen LogP contribution in [-0.4, -0.2) is 39.9 Å². The minimum atomic E-state index is -0.0653. The van der Waals surface area contributed by atoms with Gasteiger partial charge in [-0.3, -0.25) is 13.4 Å². The van der Waals surface area contributed by atoms with Crippen molar-refractivity contribution in [1.29, 1.82) is 0 Å². The van der Waals surface area contributed by atoms with E-state index in [0.717, 1.165) is 19.5 Å². The number of hydrogen-bond acceptors (Lipinski definition) is 5.